The average Bonchev–Trinajstić information content (AvgIpc) is 3.36. The number of carbonyl (C=O) groups is 2. The minimum absolute atomic E-state index is 0.205. The Morgan fingerprint density at radius 2 is 1.89 bits per heavy atom. The number of rotatable bonds is 13. The molecule has 3 N–H and O–H groups in total. The second kappa shape index (κ2) is 14.0. The molecule has 2 aromatic carbocycles. The van der Waals surface area contributed by atoms with Crippen molar-refractivity contribution in [2.45, 2.75) is 32.6 Å². The lowest BCUT2D eigenvalue weighted by Gasteiger charge is -2.35. The number of nitrogens with two attached hydrogens (primary N) is 1. The van der Waals surface area contributed by atoms with Crippen molar-refractivity contribution < 1.29 is 19.1 Å². The first-order chi connectivity index (χ1) is 18.5. The molecule has 1 aliphatic heterocycles. The van der Waals surface area contributed by atoms with E-state index in [1.54, 1.807) is 36.7 Å². The van der Waals surface area contributed by atoms with Gasteiger partial charge in [-0.15, -0.1) is 0 Å². The van der Waals surface area contributed by atoms with Crippen molar-refractivity contribution in [2.24, 2.45) is 0 Å². The zero-order valence-corrected chi connectivity index (χ0v) is 22.8. The van der Waals surface area contributed by atoms with E-state index in [9.17, 15) is 9.59 Å². The number of aromatic nitrogens is 1. The monoisotopic (exact) mass is 539 g/mol. The van der Waals surface area contributed by atoms with Crippen molar-refractivity contribution in [1.29, 1.82) is 0 Å². The summed E-state index contributed by atoms with van der Waals surface area (Å²) in [7, 11) is 0. The van der Waals surface area contributed by atoms with Gasteiger partial charge in [0.25, 0.3) is 5.91 Å². The summed E-state index contributed by atoms with van der Waals surface area (Å²) in [6.45, 7) is 8.10. The molecular formula is C28H37N5O4S. The van der Waals surface area contributed by atoms with Crippen LogP contribution in [0.5, 0.6) is 5.75 Å². The quantitative estimate of drug-likeness (QED) is 0.191. The van der Waals surface area contributed by atoms with Gasteiger partial charge in [0.2, 0.25) is 0 Å². The Balaban J connectivity index is 1.13. The highest BCUT2D eigenvalue weighted by Gasteiger charge is 2.20. The lowest BCUT2D eigenvalue weighted by atomic mass is 10.1. The van der Waals surface area contributed by atoms with Crippen molar-refractivity contribution in [3.05, 3.63) is 48.0 Å². The molecule has 0 spiro atoms. The molecule has 0 radical (unpaired) electrons. The Bertz CT molecular complexity index is 1210. The number of carbonyl (C=O) groups excluding carboxylic acids is 2. The van der Waals surface area contributed by atoms with Gasteiger partial charge < -0.3 is 25.4 Å². The maximum Gasteiger partial charge on any atom is 0.305 e. The molecule has 1 fully saturated rings. The minimum atomic E-state index is -0.236. The van der Waals surface area contributed by atoms with Crippen LogP contribution in [0.2, 0.25) is 0 Å². The maximum absolute atomic E-state index is 12.7. The van der Waals surface area contributed by atoms with Crippen LogP contribution in [-0.4, -0.2) is 73.6 Å². The summed E-state index contributed by atoms with van der Waals surface area (Å²) in [6.07, 6.45) is 2.75. The van der Waals surface area contributed by atoms with Gasteiger partial charge >= 0.3 is 5.97 Å². The molecule has 1 saturated heterocycles. The number of hydrogen-bond acceptors (Lipinski definition) is 9. The summed E-state index contributed by atoms with van der Waals surface area (Å²) >= 11 is 1.57. The Morgan fingerprint density at radius 1 is 1.08 bits per heavy atom. The van der Waals surface area contributed by atoms with Gasteiger partial charge in [-0.25, -0.2) is 0 Å². The molecule has 3 aromatic rings. The Kier molecular flexibility index (Phi) is 10.2. The first-order valence-corrected chi connectivity index (χ1v) is 14.1. The summed E-state index contributed by atoms with van der Waals surface area (Å²) in [5.41, 5.74) is 6.84. The topological polar surface area (TPSA) is 110 Å². The molecule has 1 aliphatic rings. The number of hydrogen-bond donors (Lipinski definition) is 2. The van der Waals surface area contributed by atoms with Gasteiger partial charge in [0.05, 0.1) is 23.5 Å². The van der Waals surface area contributed by atoms with Crippen LogP contribution in [0, 0.1) is 0 Å². The molecule has 0 atom stereocenters. The maximum atomic E-state index is 12.7. The van der Waals surface area contributed by atoms with E-state index in [0.29, 0.717) is 49.6 Å². The number of fused-ring (bicyclic) bond motifs is 1. The first kappa shape index (κ1) is 27.7. The number of amides is 1. The van der Waals surface area contributed by atoms with Gasteiger partial charge in [0.1, 0.15) is 11.6 Å². The second-order valence-electron chi connectivity index (χ2n) is 9.30. The van der Waals surface area contributed by atoms with E-state index < -0.39 is 0 Å². The molecule has 0 unspecified atom stereocenters. The van der Waals surface area contributed by atoms with Crippen LogP contribution in [-0.2, 0) is 9.53 Å². The summed E-state index contributed by atoms with van der Waals surface area (Å²) in [5.74, 6) is 1.22. The van der Waals surface area contributed by atoms with Crippen LogP contribution in [0.3, 0.4) is 0 Å². The van der Waals surface area contributed by atoms with E-state index in [-0.39, 0.29) is 11.9 Å². The zero-order valence-electron chi connectivity index (χ0n) is 22.0. The van der Waals surface area contributed by atoms with E-state index in [4.69, 9.17) is 15.2 Å². The highest BCUT2D eigenvalue weighted by molar-refractivity contribution is 7.13. The summed E-state index contributed by atoms with van der Waals surface area (Å²) in [6, 6.07) is 13.5. The van der Waals surface area contributed by atoms with Crippen molar-refractivity contribution >= 4 is 45.0 Å². The third-order valence-electron chi connectivity index (χ3n) is 6.59. The van der Waals surface area contributed by atoms with Crippen molar-refractivity contribution in [1.82, 2.24) is 14.6 Å². The van der Waals surface area contributed by atoms with Crippen LogP contribution in [0.4, 0.5) is 11.5 Å². The Morgan fingerprint density at radius 3 is 2.71 bits per heavy atom. The number of nitrogens with one attached hydrogen (secondary N) is 1. The summed E-state index contributed by atoms with van der Waals surface area (Å²) in [4.78, 5) is 29.0. The predicted molar refractivity (Wildman–Crippen MR) is 152 cm³/mol. The SMILES string of the molecule is CCOC(=O)CCCOc1ccc(N)c(C(=O)NCCCCN2CCN(c3nsc4ccccc34)CC2)c1. The van der Waals surface area contributed by atoms with Crippen LogP contribution in [0.1, 0.15) is 43.0 Å². The Labute approximate surface area is 228 Å². The van der Waals surface area contributed by atoms with Gasteiger partial charge in [-0.05, 0) is 74.6 Å². The van der Waals surface area contributed by atoms with Crippen LogP contribution >= 0.6 is 11.5 Å². The second-order valence-corrected chi connectivity index (χ2v) is 10.1. The summed E-state index contributed by atoms with van der Waals surface area (Å²) in [5, 5.41) is 4.22. The van der Waals surface area contributed by atoms with Gasteiger partial charge in [-0.3, -0.25) is 14.5 Å². The fraction of sp³-hybridized carbons (Fsp3) is 0.464. The predicted octanol–water partition coefficient (Wildman–Crippen LogP) is 3.93. The van der Waals surface area contributed by atoms with Crippen molar-refractivity contribution in [3.8, 4) is 5.75 Å². The lowest BCUT2D eigenvalue weighted by molar-refractivity contribution is -0.143. The number of esters is 1. The molecule has 204 valence electrons. The highest BCUT2D eigenvalue weighted by Crippen LogP contribution is 2.29. The van der Waals surface area contributed by atoms with E-state index in [0.717, 1.165) is 51.4 Å². The van der Waals surface area contributed by atoms with Gasteiger partial charge in [0, 0.05) is 50.2 Å². The fourth-order valence-corrected chi connectivity index (χ4v) is 5.30. The average molecular weight is 540 g/mol. The number of nitrogen functional groups attached to an aromatic ring is 1. The number of ether oxygens (including phenoxy) is 2. The molecule has 10 heteroatoms. The number of nitrogens with zero attached hydrogens (tertiary/aromatic N) is 3. The first-order valence-electron chi connectivity index (χ1n) is 13.3. The van der Waals surface area contributed by atoms with Crippen LogP contribution in [0.15, 0.2) is 42.5 Å². The molecule has 2 heterocycles. The third kappa shape index (κ3) is 7.58. The molecule has 0 bridgehead atoms. The number of piperazine rings is 1. The molecule has 9 nitrogen and oxygen atoms in total. The molecular weight excluding hydrogens is 502 g/mol. The van der Waals surface area contributed by atoms with E-state index in [1.165, 1.54) is 10.1 Å². The standard InChI is InChI=1S/C28H37N5O4S/c1-2-36-26(34)10-7-19-37-21-11-12-24(29)23(20-21)28(35)30-13-5-6-14-32-15-17-33(18-16-32)27-22-8-3-4-9-25(22)38-31-27/h3-4,8-9,11-12,20H,2,5-7,10,13-19,29H2,1H3,(H,30,35). The van der Waals surface area contributed by atoms with E-state index in [2.05, 4.69) is 43.8 Å². The molecule has 1 aromatic heterocycles. The summed E-state index contributed by atoms with van der Waals surface area (Å²) < 4.78 is 16.5. The molecule has 0 aliphatic carbocycles. The Hall–Kier alpha value is -3.37. The molecule has 38 heavy (non-hydrogen) atoms. The highest BCUT2D eigenvalue weighted by atomic mass is 32.1. The van der Waals surface area contributed by atoms with Gasteiger partial charge in [0.15, 0.2) is 0 Å². The number of benzene rings is 2. The molecule has 4 rings (SSSR count). The minimum Gasteiger partial charge on any atom is -0.494 e. The van der Waals surface area contributed by atoms with Gasteiger partial charge in [-0.2, -0.15) is 4.37 Å². The van der Waals surface area contributed by atoms with Crippen molar-refractivity contribution in [3.63, 3.8) is 0 Å². The zero-order chi connectivity index (χ0) is 26.7. The lowest BCUT2D eigenvalue weighted by Crippen LogP contribution is -2.46. The number of anilines is 2. The van der Waals surface area contributed by atoms with Crippen LogP contribution in [0.25, 0.3) is 10.1 Å². The smallest absolute Gasteiger partial charge is 0.305 e. The normalized spacial score (nSPS) is 14.0. The number of unbranched alkanes of at least 4 members (excludes halogenated alkanes) is 1. The third-order valence-corrected chi connectivity index (χ3v) is 7.40. The van der Waals surface area contributed by atoms with Gasteiger partial charge in [-0.1, -0.05) is 12.1 Å². The molecule has 1 amide bonds. The largest absolute Gasteiger partial charge is 0.494 e. The fourth-order valence-electron chi connectivity index (χ4n) is 4.50. The van der Waals surface area contributed by atoms with E-state index >= 15 is 0 Å². The molecule has 0 saturated carbocycles. The van der Waals surface area contributed by atoms with Crippen LogP contribution < -0.4 is 20.7 Å². The van der Waals surface area contributed by atoms with Crippen molar-refractivity contribution in [2.75, 3.05) is 63.1 Å². The van der Waals surface area contributed by atoms with E-state index in [1.807, 2.05) is 0 Å².